The molecule has 4 aromatic rings. The van der Waals surface area contributed by atoms with E-state index in [-0.39, 0.29) is 0 Å². The number of ether oxygens (including phenoxy) is 1. The van der Waals surface area contributed by atoms with Crippen LogP contribution in [-0.2, 0) is 23.0 Å². The summed E-state index contributed by atoms with van der Waals surface area (Å²) in [5.74, 6) is 0.909. The second kappa shape index (κ2) is 14.1. The number of hydrogen-bond acceptors (Lipinski definition) is 3. The number of methoxy groups -OCH3 is 1. The van der Waals surface area contributed by atoms with Gasteiger partial charge < -0.3 is 4.74 Å². The third-order valence-corrected chi connectivity index (χ3v) is 5.38. The van der Waals surface area contributed by atoms with Crippen LogP contribution in [-0.4, -0.2) is 25.6 Å². The van der Waals surface area contributed by atoms with Gasteiger partial charge in [0.15, 0.2) is 0 Å². The molecule has 0 aromatic heterocycles. The minimum absolute atomic E-state index is 0.909. The first-order valence-electron chi connectivity index (χ1n) is 10.9. The molecule has 0 radical (unpaired) electrons. The fraction of sp³-hybridized carbons (Fsp3) is 0.143. The van der Waals surface area contributed by atoms with Gasteiger partial charge >= 0.3 is 15.6 Å². The Kier molecular flexibility index (Phi) is 11.2. The van der Waals surface area contributed by atoms with Crippen molar-refractivity contribution in [2.24, 2.45) is 0 Å². The van der Waals surface area contributed by atoms with Crippen molar-refractivity contribution in [3.8, 4) is 5.75 Å². The van der Waals surface area contributed by atoms with Crippen LogP contribution < -0.4 is 4.74 Å². The molecule has 0 unspecified atom stereocenters. The molecule has 0 bridgehead atoms. The lowest BCUT2D eigenvalue weighted by Gasteiger charge is -2.03. The van der Waals surface area contributed by atoms with Crippen molar-refractivity contribution in [2.75, 3.05) is 7.11 Å². The van der Waals surface area contributed by atoms with Gasteiger partial charge in [0.2, 0.25) is 0 Å². The lowest BCUT2D eigenvalue weighted by atomic mass is 10.1. The van der Waals surface area contributed by atoms with Crippen LogP contribution in [0.25, 0.3) is 0 Å². The summed E-state index contributed by atoms with van der Waals surface area (Å²) in [6, 6.07) is 39.7. The lowest BCUT2D eigenvalue weighted by molar-refractivity contribution is -0.0510. The maximum atomic E-state index is 10.7. The van der Waals surface area contributed by atoms with Gasteiger partial charge in [0.1, 0.15) is 5.75 Å². The van der Waals surface area contributed by atoms with Crippen LogP contribution in [0, 0.1) is 0 Å². The van der Waals surface area contributed by atoms with Crippen molar-refractivity contribution in [1.82, 2.24) is 0 Å². The van der Waals surface area contributed by atoms with Crippen LogP contribution in [0.1, 0.15) is 22.3 Å². The lowest BCUT2D eigenvalue weighted by Crippen LogP contribution is -2.21. The van der Waals surface area contributed by atoms with Gasteiger partial charge in [-0.2, -0.15) is 21.6 Å². The Balaban J connectivity index is 0.000000200. The van der Waals surface area contributed by atoms with E-state index < -0.39 is 15.6 Å². The minimum Gasteiger partial charge on any atom is -0.497 e. The highest BCUT2D eigenvalue weighted by Crippen LogP contribution is 2.20. The van der Waals surface area contributed by atoms with Crippen LogP contribution in [0.3, 0.4) is 0 Å². The second-order valence-electron chi connectivity index (χ2n) is 7.58. The van der Waals surface area contributed by atoms with Gasteiger partial charge in [0.05, 0.1) is 7.11 Å². The Morgan fingerprint density at radius 3 is 1.14 bits per heavy atom. The van der Waals surface area contributed by atoms with E-state index in [1.54, 1.807) is 7.11 Å². The Morgan fingerprint density at radius 1 is 0.611 bits per heavy atom. The molecule has 0 aliphatic carbocycles. The van der Waals surface area contributed by atoms with Crippen molar-refractivity contribution in [3.05, 3.63) is 138 Å². The molecular weight excluding hydrogens is 489 g/mol. The van der Waals surface area contributed by atoms with Crippen molar-refractivity contribution in [1.29, 1.82) is 0 Å². The molecule has 0 aliphatic rings. The van der Waals surface area contributed by atoms with E-state index in [2.05, 4.69) is 97.1 Å². The predicted octanol–water partition coefficient (Wildman–Crippen LogP) is 6.96. The van der Waals surface area contributed by atoms with Crippen molar-refractivity contribution >= 4 is 10.1 Å². The van der Waals surface area contributed by atoms with Crippen LogP contribution in [0.4, 0.5) is 13.2 Å². The molecule has 0 atom stereocenters. The normalized spacial score (nSPS) is 10.8. The van der Waals surface area contributed by atoms with Crippen molar-refractivity contribution in [3.63, 3.8) is 0 Å². The molecule has 0 saturated carbocycles. The van der Waals surface area contributed by atoms with E-state index >= 15 is 0 Å². The van der Waals surface area contributed by atoms with Crippen LogP contribution >= 0.6 is 0 Å². The number of rotatable bonds is 5. The Bertz CT molecular complexity index is 1210. The van der Waals surface area contributed by atoms with Gasteiger partial charge in [0, 0.05) is 0 Å². The summed E-state index contributed by atoms with van der Waals surface area (Å²) < 4.78 is 62.7. The first-order chi connectivity index (χ1) is 17.1. The highest BCUT2D eigenvalue weighted by atomic mass is 32.2. The molecule has 1 N–H and O–H groups in total. The summed E-state index contributed by atoms with van der Waals surface area (Å²) in [6.07, 6.45) is 2.01. The molecule has 36 heavy (non-hydrogen) atoms. The summed E-state index contributed by atoms with van der Waals surface area (Å²) in [7, 11) is -4.15. The molecule has 190 valence electrons. The standard InChI is InChI=1S/C14H14O.C13H12.CHF3O3S/c1-15-14-9-7-13(8-10-14)11-12-5-3-2-4-6-12;1-3-7-12(8-4-1)11-13-9-5-2-6-10-13;2-1(3,4)8(5,6)7/h2-10H,11H2,1H3;1-10H,11H2;(H,5,6,7). The van der Waals surface area contributed by atoms with Gasteiger partial charge in [-0.05, 0) is 47.2 Å². The van der Waals surface area contributed by atoms with Crippen molar-refractivity contribution < 1.29 is 30.9 Å². The summed E-state index contributed by atoms with van der Waals surface area (Å²) >= 11 is 0. The molecular formula is C28H27F3O4S. The smallest absolute Gasteiger partial charge is 0.497 e. The van der Waals surface area contributed by atoms with Gasteiger partial charge in [0.25, 0.3) is 0 Å². The van der Waals surface area contributed by atoms with Crippen LogP contribution in [0.5, 0.6) is 5.75 Å². The van der Waals surface area contributed by atoms with Crippen LogP contribution in [0.2, 0.25) is 0 Å². The molecule has 4 rings (SSSR count). The fourth-order valence-corrected chi connectivity index (χ4v) is 3.00. The molecule has 0 fully saturated rings. The largest absolute Gasteiger partial charge is 0.522 e. The van der Waals surface area contributed by atoms with E-state index in [0.29, 0.717) is 0 Å². The van der Waals surface area contributed by atoms with E-state index in [1.807, 2.05) is 18.2 Å². The highest BCUT2D eigenvalue weighted by molar-refractivity contribution is 7.86. The number of hydrogen-bond donors (Lipinski definition) is 1. The number of benzene rings is 4. The van der Waals surface area contributed by atoms with E-state index in [1.165, 1.54) is 22.3 Å². The zero-order valence-electron chi connectivity index (χ0n) is 19.6. The highest BCUT2D eigenvalue weighted by Gasteiger charge is 2.44. The van der Waals surface area contributed by atoms with Gasteiger partial charge in [-0.3, -0.25) is 4.55 Å². The summed E-state index contributed by atoms with van der Waals surface area (Å²) in [6.45, 7) is 0. The Labute approximate surface area is 209 Å². The molecule has 8 heteroatoms. The zero-order chi connectivity index (χ0) is 26.4. The maximum Gasteiger partial charge on any atom is 0.522 e. The third kappa shape index (κ3) is 10.8. The van der Waals surface area contributed by atoms with E-state index in [9.17, 15) is 13.2 Å². The van der Waals surface area contributed by atoms with Crippen LogP contribution in [0.15, 0.2) is 115 Å². The topological polar surface area (TPSA) is 63.6 Å². The van der Waals surface area contributed by atoms with Gasteiger partial charge in [-0.15, -0.1) is 0 Å². The SMILES string of the molecule is COc1ccc(Cc2ccccc2)cc1.O=S(=O)(O)C(F)(F)F.c1ccc(Cc2ccccc2)cc1. The molecule has 0 saturated heterocycles. The van der Waals surface area contributed by atoms with Gasteiger partial charge in [-0.25, -0.2) is 0 Å². The average Bonchev–Trinajstić information content (AvgIpc) is 2.86. The summed E-state index contributed by atoms with van der Waals surface area (Å²) in [5, 5.41) is 0. The monoisotopic (exact) mass is 516 g/mol. The molecule has 0 heterocycles. The summed E-state index contributed by atoms with van der Waals surface area (Å²) in [5.41, 5.74) is -0.153. The van der Waals surface area contributed by atoms with E-state index in [4.69, 9.17) is 17.7 Å². The third-order valence-electron chi connectivity index (χ3n) is 4.80. The predicted molar refractivity (Wildman–Crippen MR) is 136 cm³/mol. The van der Waals surface area contributed by atoms with E-state index in [0.717, 1.165) is 18.6 Å². The fourth-order valence-electron chi connectivity index (χ4n) is 3.00. The Hall–Kier alpha value is -3.62. The maximum absolute atomic E-state index is 10.7. The minimum atomic E-state index is -5.84. The van der Waals surface area contributed by atoms with Gasteiger partial charge in [-0.1, -0.05) is 103 Å². The number of halogens is 3. The Morgan fingerprint density at radius 2 is 0.889 bits per heavy atom. The zero-order valence-corrected chi connectivity index (χ0v) is 20.4. The number of alkyl halides is 3. The first-order valence-corrected chi connectivity index (χ1v) is 12.3. The first kappa shape index (κ1) is 28.6. The second-order valence-corrected chi connectivity index (χ2v) is 8.99. The average molecular weight is 517 g/mol. The molecule has 0 amide bonds. The quantitative estimate of drug-likeness (QED) is 0.230. The molecule has 4 nitrogen and oxygen atoms in total. The molecule has 4 aromatic carbocycles. The summed E-state index contributed by atoms with van der Waals surface area (Å²) in [4.78, 5) is 0. The molecule has 0 spiro atoms. The van der Waals surface area contributed by atoms with Crippen molar-refractivity contribution in [2.45, 2.75) is 18.3 Å². The molecule has 0 aliphatic heterocycles.